The Morgan fingerprint density at radius 1 is 1.21 bits per heavy atom. The summed E-state index contributed by atoms with van der Waals surface area (Å²) in [5, 5.41) is 0.0797. The van der Waals surface area contributed by atoms with Crippen molar-refractivity contribution in [3.63, 3.8) is 0 Å². The maximum atomic E-state index is 12.4. The van der Waals surface area contributed by atoms with Gasteiger partial charge in [0, 0.05) is 41.9 Å². The SMILES string of the molecule is C=O.C=O.C=O.CCOC(=O)C=CC1=CC(n2cc(Br)c(=O)[nH]c2=O)CC1CO[Si](C)(C)C(C)(C)C(C)C.[Fe]. The molecule has 0 aromatic carbocycles. The number of aromatic amines is 1. The molecule has 1 aromatic rings. The van der Waals surface area contributed by atoms with Crippen molar-refractivity contribution in [1.82, 2.24) is 9.55 Å². The molecular formula is C26H41BrFeN2O8Si. The molecule has 0 bridgehead atoms. The van der Waals surface area contributed by atoms with Crippen LogP contribution in [0.3, 0.4) is 0 Å². The van der Waals surface area contributed by atoms with Crippen molar-refractivity contribution in [3.05, 3.63) is 55.3 Å². The predicted octanol–water partition coefficient (Wildman–Crippen LogP) is 4.01. The summed E-state index contributed by atoms with van der Waals surface area (Å²) in [4.78, 5) is 62.3. The number of carbonyl (C=O) groups is 4. The van der Waals surface area contributed by atoms with Crippen LogP contribution in [-0.2, 0) is 45.4 Å². The van der Waals surface area contributed by atoms with Crippen molar-refractivity contribution in [2.24, 2.45) is 11.8 Å². The molecule has 1 aliphatic rings. The summed E-state index contributed by atoms with van der Waals surface area (Å²) in [5.41, 5.74) is -0.00554. The Labute approximate surface area is 250 Å². The number of aromatic nitrogens is 2. The number of nitrogens with one attached hydrogen (secondary N) is 1. The van der Waals surface area contributed by atoms with E-state index in [9.17, 15) is 14.4 Å². The summed E-state index contributed by atoms with van der Waals surface area (Å²) in [6, 6.07) is -0.256. The van der Waals surface area contributed by atoms with Crippen molar-refractivity contribution in [2.75, 3.05) is 13.2 Å². The Bertz CT molecular complexity index is 1060. The number of rotatable bonds is 9. The number of ether oxygens (including phenoxy) is 1. The van der Waals surface area contributed by atoms with E-state index < -0.39 is 25.5 Å². The molecule has 10 nitrogen and oxygen atoms in total. The minimum atomic E-state index is -2.04. The van der Waals surface area contributed by atoms with Crippen molar-refractivity contribution in [3.8, 4) is 0 Å². The predicted molar refractivity (Wildman–Crippen MR) is 154 cm³/mol. The Morgan fingerprint density at radius 2 is 1.74 bits per heavy atom. The number of hydrogen-bond acceptors (Lipinski definition) is 8. The Balaban J connectivity index is -0.00000173. The van der Waals surface area contributed by atoms with E-state index in [0.717, 1.165) is 5.57 Å². The molecule has 1 N–H and O–H groups in total. The van der Waals surface area contributed by atoms with Gasteiger partial charge < -0.3 is 23.5 Å². The number of nitrogens with zero attached hydrogens (tertiary/aromatic N) is 1. The van der Waals surface area contributed by atoms with E-state index in [1.807, 2.05) is 26.4 Å². The molecular weight excluding hydrogens is 632 g/mol. The Morgan fingerprint density at radius 3 is 2.23 bits per heavy atom. The first-order chi connectivity index (χ1) is 17.8. The van der Waals surface area contributed by atoms with Crippen molar-refractivity contribution in [1.29, 1.82) is 0 Å². The van der Waals surface area contributed by atoms with E-state index >= 15 is 0 Å². The maximum absolute atomic E-state index is 12.4. The standard InChI is InChI=1S/C23H35BrN2O5Si.3CH2O.Fe/c1-8-30-20(27)10-9-16-11-18(26-13-19(24)21(28)25-22(26)29)12-17(16)14-31-32(6,7)23(4,5)15(2)3;3*1-2;/h9-11,13,15,17-18H,8,12,14H2,1-7H3,(H,25,28,29);3*1H2;. The minimum Gasteiger partial charge on any atom is -0.463 e. The van der Waals surface area contributed by atoms with Crippen LogP contribution in [0.1, 0.15) is 47.1 Å². The molecule has 39 heavy (non-hydrogen) atoms. The van der Waals surface area contributed by atoms with Crippen LogP contribution in [0.4, 0.5) is 0 Å². The zero-order valence-corrected chi connectivity index (χ0v) is 27.4. The maximum Gasteiger partial charge on any atom is 0.330 e. The number of halogens is 1. The molecule has 0 saturated carbocycles. The number of esters is 1. The second kappa shape index (κ2) is 19.8. The quantitative estimate of drug-likeness (QED) is 0.236. The second-order valence-corrected chi connectivity index (χ2v) is 15.0. The summed E-state index contributed by atoms with van der Waals surface area (Å²) < 4.78 is 13.4. The second-order valence-electron chi connectivity index (χ2n) is 9.59. The fourth-order valence-corrected chi connectivity index (χ4v) is 6.36. The van der Waals surface area contributed by atoms with E-state index in [4.69, 9.17) is 23.5 Å². The van der Waals surface area contributed by atoms with Gasteiger partial charge in [0.25, 0.3) is 5.56 Å². The molecule has 1 aromatic heterocycles. The Kier molecular flexibility index (Phi) is 21.0. The first kappa shape index (κ1) is 41.3. The fraction of sp³-hybridized carbons (Fsp3) is 0.538. The summed E-state index contributed by atoms with van der Waals surface area (Å²) in [6.07, 6.45) is 7.27. The molecule has 222 valence electrons. The average molecular weight is 673 g/mol. The number of carbonyl (C=O) groups excluding carboxylic acids is 4. The van der Waals surface area contributed by atoms with Gasteiger partial charge in [-0.25, -0.2) is 9.59 Å². The van der Waals surface area contributed by atoms with Gasteiger partial charge in [-0.15, -0.1) is 0 Å². The van der Waals surface area contributed by atoms with Gasteiger partial charge in [-0.3, -0.25) is 14.3 Å². The van der Waals surface area contributed by atoms with E-state index in [1.54, 1.807) is 13.0 Å². The van der Waals surface area contributed by atoms with Crippen LogP contribution in [0.15, 0.2) is 44.1 Å². The number of allylic oxidation sites excluding steroid dienone is 2. The van der Waals surface area contributed by atoms with Gasteiger partial charge in [-0.1, -0.05) is 39.8 Å². The summed E-state index contributed by atoms with van der Waals surface area (Å²) in [5.74, 6) is 0.0884. The van der Waals surface area contributed by atoms with Crippen LogP contribution < -0.4 is 11.2 Å². The molecule has 1 heterocycles. The number of H-pyrrole nitrogens is 1. The molecule has 1 aliphatic carbocycles. The summed E-state index contributed by atoms with van der Waals surface area (Å²) >= 11 is 3.20. The van der Waals surface area contributed by atoms with Crippen LogP contribution in [-0.4, -0.2) is 57.4 Å². The van der Waals surface area contributed by atoms with Gasteiger partial charge in [-0.05, 0) is 58.9 Å². The van der Waals surface area contributed by atoms with Gasteiger partial charge in [-0.2, -0.15) is 0 Å². The van der Waals surface area contributed by atoms with Crippen LogP contribution in [0.5, 0.6) is 0 Å². The van der Waals surface area contributed by atoms with Crippen LogP contribution in [0.25, 0.3) is 0 Å². The third-order valence-electron chi connectivity index (χ3n) is 7.00. The fourth-order valence-electron chi connectivity index (χ4n) is 3.66. The largest absolute Gasteiger partial charge is 0.463 e. The minimum absolute atomic E-state index is 0. The normalized spacial score (nSPS) is 16.4. The van der Waals surface area contributed by atoms with Gasteiger partial charge >= 0.3 is 11.7 Å². The van der Waals surface area contributed by atoms with Crippen molar-refractivity contribution < 1.29 is 45.4 Å². The van der Waals surface area contributed by atoms with Gasteiger partial charge in [0.1, 0.15) is 20.4 Å². The third kappa shape index (κ3) is 11.8. The van der Waals surface area contributed by atoms with Crippen molar-refractivity contribution >= 4 is 50.6 Å². The molecule has 0 fully saturated rings. The summed E-state index contributed by atoms with van der Waals surface area (Å²) in [7, 11) is -2.04. The van der Waals surface area contributed by atoms with Crippen LogP contribution in [0.2, 0.25) is 18.1 Å². The van der Waals surface area contributed by atoms with Crippen molar-refractivity contribution in [2.45, 2.75) is 65.2 Å². The molecule has 0 saturated heterocycles. The third-order valence-corrected chi connectivity index (χ3v) is 12.1. The van der Waals surface area contributed by atoms with E-state index in [2.05, 4.69) is 61.7 Å². The van der Waals surface area contributed by atoms with Crippen LogP contribution >= 0.6 is 15.9 Å². The molecule has 2 unspecified atom stereocenters. The molecule has 0 amide bonds. The van der Waals surface area contributed by atoms with Crippen LogP contribution in [0, 0.1) is 11.8 Å². The Hall–Kier alpha value is -2.18. The molecule has 2 atom stereocenters. The molecule has 0 aliphatic heterocycles. The monoisotopic (exact) mass is 672 g/mol. The summed E-state index contributed by atoms with van der Waals surface area (Å²) in [6.45, 7) is 22.0. The molecule has 0 spiro atoms. The first-order valence-electron chi connectivity index (χ1n) is 11.9. The molecule has 13 heteroatoms. The van der Waals surface area contributed by atoms with E-state index in [-0.39, 0.29) is 34.1 Å². The van der Waals surface area contributed by atoms with Gasteiger partial charge in [0.2, 0.25) is 0 Å². The average Bonchev–Trinajstić information content (AvgIpc) is 3.30. The van der Waals surface area contributed by atoms with Gasteiger partial charge in [0.05, 0.1) is 17.1 Å². The topological polar surface area (TPSA) is 142 Å². The zero-order valence-electron chi connectivity index (χ0n) is 23.7. The smallest absolute Gasteiger partial charge is 0.330 e. The number of hydrogen-bond donors (Lipinski definition) is 1. The molecule has 2 rings (SSSR count). The first-order valence-corrected chi connectivity index (χ1v) is 15.6. The van der Waals surface area contributed by atoms with Gasteiger partial charge in [0.15, 0.2) is 8.32 Å². The van der Waals surface area contributed by atoms with E-state index in [1.165, 1.54) is 16.8 Å². The zero-order chi connectivity index (χ0) is 30.3. The molecule has 0 radical (unpaired) electrons. The van der Waals surface area contributed by atoms with E-state index in [0.29, 0.717) is 30.0 Å².